The molecule has 0 saturated heterocycles. The molecule has 3 aromatic rings. The average molecular weight is 384 g/mol. The van der Waals surface area contributed by atoms with Crippen molar-refractivity contribution in [2.45, 2.75) is 13.5 Å². The number of pyridine rings is 1. The molecule has 0 aliphatic carbocycles. The summed E-state index contributed by atoms with van der Waals surface area (Å²) in [7, 11) is 1.56. The normalized spacial score (nSPS) is 10.3. The van der Waals surface area contributed by atoms with Crippen LogP contribution < -0.4 is 15.4 Å². The van der Waals surface area contributed by atoms with E-state index in [2.05, 4.69) is 25.6 Å². The van der Waals surface area contributed by atoms with Gasteiger partial charge in [-0.25, -0.2) is 9.97 Å². The Bertz CT molecular complexity index is 950. The average Bonchev–Trinajstić information content (AvgIpc) is 2.66. The summed E-state index contributed by atoms with van der Waals surface area (Å²) < 4.78 is 5.31. The van der Waals surface area contributed by atoms with Crippen LogP contribution in [0.1, 0.15) is 21.7 Å². The van der Waals surface area contributed by atoms with E-state index in [1.165, 1.54) is 0 Å². The third-order valence-corrected chi connectivity index (χ3v) is 3.93. The van der Waals surface area contributed by atoms with Crippen LogP contribution in [0.2, 0.25) is 5.02 Å². The minimum absolute atomic E-state index is 0.264. The molecule has 0 radical (unpaired) electrons. The van der Waals surface area contributed by atoms with Crippen LogP contribution in [-0.2, 0) is 6.54 Å². The maximum Gasteiger partial charge on any atom is 0.270 e. The number of nitrogens with one attached hydrogen (secondary N) is 2. The summed E-state index contributed by atoms with van der Waals surface area (Å²) in [5.41, 5.74) is 2.48. The van der Waals surface area contributed by atoms with Crippen molar-refractivity contribution in [1.29, 1.82) is 0 Å². The highest BCUT2D eigenvalue weighted by Gasteiger charge is 2.12. The van der Waals surface area contributed by atoms with Crippen LogP contribution >= 0.6 is 11.6 Å². The van der Waals surface area contributed by atoms with Gasteiger partial charge in [-0.05, 0) is 48.9 Å². The Kier molecular flexibility index (Phi) is 5.83. The van der Waals surface area contributed by atoms with Crippen molar-refractivity contribution >= 4 is 29.1 Å². The first-order valence-corrected chi connectivity index (χ1v) is 8.56. The monoisotopic (exact) mass is 383 g/mol. The molecule has 0 saturated carbocycles. The summed E-state index contributed by atoms with van der Waals surface area (Å²) in [4.78, 5) is 25.0. The number of aryl methyl sites for hydroxylation is 1. The summed E-state index contributed by atoms with van der Waals surface area (Å²) >= 11 is 6.05. The maximum atomic E-state index is 12.5. The quantitative estimate of drug-likeness (QED) is 0.677. The molecule has 0 fully saturated rings. The molecule has 2 N–H and O–H groups in total. The number of carbonyl (C=O) groups excluding carboxylic acids is 1. The Balaban J connectivity index is 1.78. The number of halogens is 1. The lowest BCUT2D eigenvalue weighted by Gasteiger charge is -2.12. The molecule has 0 spiro atoms. The smallest absolute Gasteiger partial charge is 0.270 e. The van der Waals surface area contributed by atoms with Crippen LogP contribution in [-0.4, -0.2) is 28.0 Å². The van der Waals surface area contributed by atoms with E-state index in [4.69, 9.17) is 16.3 Å². The molecular formula is C19H18ClN5O2. The van der Waals surface area contributed by atoms with Gasteiger partial charge in [0.2, 0.25) is 5.95 Å². The summed E-state index contributed by atoms with van der Waals surface area (Å²) in [6.07, 6.45) is 3.35. The molecule has 8 heteroatoms. The molecule has 0 atom stereocenters. The molecule has 1 amide bonds. The highest BCUT2D eigenvalue weighted by Crippen LogP contribution is 2.29. The zero-order valence-corrected chi connectivity index (χ0v) is 15.6. The van der Waals surface area contributed by atoms with Crippen molar-refractivity contribution in [3.8, 4) is 5.75 Å². The number of hydrogen-bond donors (Lipinski definition) is 2. The molecule has 0 aliphatic rings. The molecule has 1 aromatic carbocycles. The second-order valence-corrected chi connectivity index (χ2v) is 6.16. The zero-order valence-electron chi connectivity index (χ0n) is 14.9. The van der Waals surface area contributed by atoms with Crippen LogP contribution in [0.4, 0.5) is 11.6 Å². The Morgan fingerprint density at radius 3 is 2.67 bits per heavy atom. The topological polar surface area (TPSA) is 89.0 Å². The van der Waals surface area contributed by atoms with E-state index in [-0.39, 0.29) is 17.5 Å². The van der Waals surface area contributed by atoms with Crippen LogP contribution in [0.25, 0.3) is 0 Å². The highest BCUT2D eigenvalue weighted by molar-refractivity contribution is 6.31. The molecule has 138 valence electrons. The number of benzene rings is 1. The first-order valence-electron chi connectivity index (χ1n) is 8.18. The van der Waals surface area contributed by atoms with Crippen LogP contribution in [0.15, 0.2) is 48.8 Å². The van der Waals surface area contributed by atoms with Crippen LogP contribution in [0.5, 0.6) is 5.75 Å². The fourth-order valence-electron chi connectivity index (χ4n) is 2.41. The van der Waals surface area contributed by atoms with E-state index in [1.54, 1.807) is 50.7 Å². The standard InChI is InChI=1S/C19H18ClN5O2/c1-12-9-16(18(26)22-11-13-5-7-21-8-6-13)25-19(23-12)24-15-10-14(20)3-4-17(15)27-2/h3-10H,11H2,1-2H3,(H,22,26)(H,23,24,25). The van der Waals surface area contributed by atoms with E-state index >= 15 is 0 Å². The predicted molar refractivity (Wildman–Crippen MR) is 103 cm³/mol. The number of hydrogen-bond acceptors (Lipinski definition) is 6. The molecule has 0 unspecified atom stereocenters. The first-order chi connectivity index (χ1) is 13.0. The Hall–Kier alpha value is -3.19. The number of ether oxygens (including phenoxy) is 1. The fraction of sp³-hybridized carbons (Fsp3) is 0.158. The molecule has 3 rings (SSSR count). The van der Waals surface area contributed by atoms with Crippen molar-refractivity contribution in [2.75, 3.05) is 12.4 Å². The Labute approximate surface area is 161 Å². The third-order valence-electron chi connectivity index (χ3n) is 3.70. The predicted octanol–water partition coefficient (Wildman–Crippen LogP) is 3.52. The van der Waals surface area contributed by atoms with Gasteiger partial charge in [0.15, 0.2) is 0 Å². The minimum atomic E-state index is -0.293. The molecule has 0 aliphatic heterocycles. The van der Waals surface area contributed by atoms with Gasteiger partial charge in [-0.2, -0.15) is 0 Å². The lowest BCUT2D eigenvalue weighted by molar-refractivity contribution is 0.0945. The number of anilines is 2. The van der Waals surface area contributed by atoms with Crippen LogP contribution in [0.3, 0.4) is 0 Å². The van der Waals surface area contributed by atoms with Crippen molar-refractivity contribution < 1.29 is 9.53 Å². The Morgan fingerprint density at radius 2 is 1.93 bits per heavy atom. The summed E-state index contributed by atoms with van der Waals surface area (Å²) in [6, 6.07) is 10.5. The number of amides is 1. The largest absolute Gasteiger partial charge is 0.495 e. The molecular weight excluding hydrogens is 366 g/mol. The summed E-state index contributed by atoms with van der Waals surface area (Å²) in [6.45, 7) is 2.18. The van der Waals surface area contributed by atoms with Crippen molar-refractivity contribution in [2.24, 2.45) is 0 Å². The van der Waals surface area contributed by atoms with Gasteiger partial charge >= 0.3 is 0 Å². The highest BCUT2D eigenvalue weighted by atomic mass is 35.5. The van der Waals surface area contributed by atoms with E-state index in [1.807, 2.05) is 12.1 Å². The SMILES string of the molecule is COc1ccc(Cl)cc1Nc1nc(C)cc(C(=O)NCc2ccncc2)n1. The zero-order chi connectivity index (χ0) is 19.2. The van der Waals surface area contributed by atoms with E-state index in [0.717, 1.165) is 5.56 Å². The third kappa shape index (κ3) is 4.92. The number of carbonyl (C=O) groups is 1. The number of methoxy groups -OCH3 is 1. The van der Waals surface area contributed by atoms with Gasteiger partial charge in [0.25, 0.3) is 5.91 Å². The van der Waals surface area contributed by atoms with Gasteiger partial charge in [-0.3, -0.25) is 9.78 Å². The number of aromatic nitrogens is 3. The second-order valence-electron chi connectivity index (χ2n) is 5.73. The molecule has 7 nitrogen and oxygen atoms in total. The number of nitrogens with zero attached hydrogens (tertiary/aromatic N) is 3. The molecule has 2 aromatic heterocycles. The molecule has 0 bridgehead atoms. The second kappa shape index (κ2) is 8.46. The summed E-state index contributed by atoms with van der Waals surface area (Å²) in [5, 5.41) is 6.43. The Morgan fingerprint density at radius 1 is 1.15 bits per heavy atom. The summed E-state index contributed by atoms with van der Waals surface area (Å²) in [5.74, 6) is 0.580. The minimum Gasteiger partial charge on any atom is -0.495 e. The lowest BCUT2D eigenvalue weighted by Crippen LogP contribution is -2.24. The van der Waals surface area contributed by atoms with Gasteiger partial charge in [0, 0.05) is 29.7 Å². The molecule has 2 heterocycles. The van der Waals surface area contributed by atoms with Crippen LogP contribution in [0, 0.1) is 6.92 Å². The van der Waals surface area contributed by atoms with Gasteiger partial charge < -0.3 is 15.4 Å². The van der Waals surface area contributed by atoms with Gasteiger partial charge in [-0.15, -0.1) is 0 Å². The maximum absolute atomic E-state index is 12.5. The number of rotatable bonds is 6. The van der Waals surface area contributed by atoms with Gasteiger partial charge in [0.1, 0.15) is 11.4 Å². The van der Waals surface area contributed by atoms with E-state index in [9.17, 15) is 4.79 Å². The van der Waals surface area contributed by atoms with Crippen molar-refractivity contribution in [3.63, 3.8) is 0 Å². The fourth-order valence-corrected chi connectivity index (χ4v) is 2.58. The molecule has 27 heavy (non-hydrogen) atoms. The van der Waals surface area contributed by atoms with Crippen molar-refractivity contribution in [3.05, 3.63) is 70.8 Å². The van der Waals surface area contributed by atoms with Gasteiger partial charge in [0.05, 0.1) is 12.8 Å². The van der Waals surface area contributed by atoms with E-state index in [0.29, 0.717) is 28.7 Å². The van der Waals surface area contributed by atoms with Crippen molar-refractivity contribution in [1.82, 2.24) is 20.3 Å². The lowest BCUT2D eigenvalue weighted by atomic mass is 10.2. The van der Waals surface area contributed by atoms with Gasteiger partial charge in [-0.1, -0.05) is 11.6 Å². The van der Waals surface area contributed by atoms with E-state index < -0.39 is 0 Å². The first kappa shape index (κ1) is 18.6.